The van der Waals surface area contributed by atoms with Crippen molar-refractivity contribution in [3.63, 3.8) is 0 Å². The summed E-state index contributed by atoms with van der Waals surface area (Å²) < 4.78 is 4.87. The number of hydrogen-bond donors (Lipinski definition) is 0. The molecular formula is C23H27N10O3+. The molecule has 0 aliphatic rings. The van der Waals surface area contributed by atoms with Gasteiger partial charge in [0.05, 0.1) is 38.2 Å². The Balaban J connectivity index is 1.74. The maximum absolute atomic E-state index is 11.0. The van der Waals surface area contributed by atoms with Crippen molar-refractivity contribution in [2.45, 2.75) is 52.7 Å². The fourth-order valence-corrected chi connectivity index (χ4v) is 4.18. The molecule has 0 aliphatic carbocycles. The fourth-order valence-electron chi connectivity index (χ4n) is 4.18. The van der Waals surface area contributed by atoms with Crippen LogP contribution in [-0.2, 0) is 60.2 Å². The molecule has 0 saturated heterocycles. The number of aryl methyl sites for hydroxylation is 1. The number of rotatable bonds is 14. The highest BCUT2D eigenvalue weighted by molar-refractivity contribution is 5.49. The van der Waals surface area contributed by atoms with Crippen LogP contribution in [0.5, 0.6) is 0 Å². The van der Waals surface area contributed by atoms with Gasteiger partial charge in [0.1, 0.15) is 62.1 Å². The zero-order chi connectivity index (χ0) is 25.4. The Kier molecular flexibility index (Phi) is 7.80. The topological polar surface area (TPSA) is 143 Å². The summed E-state index contributed by atoms with van der Waals surface area (Å²) >= 11 is 0. The molecule has 4 aromatic rings. The molecule has 3 heterocycles. The molecule has 36 heavy (non-hydrogen) atoms. The van der Waals surface area contributed by atoms with Crippen molar-refractivity contribution in [2.75, 3.05) is 0 Å². The van der Waals surface area contributed by atoms with Crippen molar-refractivity contribution in [1.29, 1.82) is 0 Å². The molecular weight excluding hydrogens is 464 g/mol. The molecule has 0 unspecified atom stereocenters. The number of carbonyl (C=O) groups is 3. The van der Waals surface area contributed by atoms with E-state index in [1.807, 2.05) is 6.92 Å². The normalized spacial score (nSPS) is 11.5. The van der Waals surface area contributed by atoms with E-state index in [1.165, 1.54) is 14.0 Å². The molecule has 186 valence electrons. The average Bonchev–Trinajstić information content (AvgIpc) is 3.59. The van der Waals surface area contributed by atoms with E-state index in [-0.39, 0.29) is 19.6 Å². The second-order valence-corrected chi connectivity index (χ2v) is 8.76. The lowest BCUT2D eigenvalue weighted by atomic mass is 10.1. The predicted octanol–water partition coefficient (Wildman–Crippen LogP) is 0.284. The van der Waals surface area contributed by atoms with Gasteiger partial charge in [0, 0.05) is 5.56 Å². The van der Waals surface area contributed by atoms with Gasteiger partial charge < -0.3 is 18.9 Å². The molecule has 3 aromatic heterocycles. The van der Waals surface area contributed by atoms with Crippen LogP contribution in [0.4, 0.5) is 0 Å². The summed E-state index contributed by atoms with van der Waals surface area (Å²) in [7, 11) is 0. The lowest BCUT2D eigenvalue weighted by Crippen LogP contribution is -2.45. The van der Waals surface area contributed by atoms with E-state index in [1.54, 1.807) is 18.6 Å². The number of hydrogen-bond acceptors (Lipinski definition) is 9. The van der Waals surface area contributed by atoms with Gasteiger partial charge in [-0.05, 0) is 6.92 Å². The van der Waals surface area contributed by atoms with E-state index in [4.69, 9.17) is 0 Å². The standard InChI is InChI=1S/C23H27N10O3/c1-19-2-4-20(5-3-19)15-33(16-21-12-30(6-9-34)27-24-21,17-22-13-31(7-10-35)28-25-22)18-23-14-32(8-11-36)29-26-23/h2-5,9-14H,6-8,15-18H2,1H3/q+1. The number of carbonyl (C=O) groups excluding carboxylic acids is 3. The Morgan fingerprint density at radius 3 is 1.39 bits per heavy atom. The first kappa shape index (κ1) is 24.7. The highest BCUT2D eigenvalue weighted by Crippen LogP contribution is 2.26. The van der Waals surface area contributed by atoms with Gasteiger partial charge in [0.25, 0.3) is 0 Å². The first-order valence-corrected chi connectivity index (χ1v) is 11.4. The Morgan fingerprint density at radius 2 is 1.03 bits per heavy atom. The number of benzene rings is 1. The van der Waals surface area contributed by atoms with Crippen LogP contribution in [0.3, 0.4) is 0 Å². The summed E-state index contributed by atoms with van der Waals surface area (Å²) in [6.07, 6.45) is 7.56. The van der Waals surface area contributed by atoms with Crippen LogP contribution in [0, 0.1) is 6.92 Å². The van der Waals surface area contributed by atoms with Crippen LogP contribution >= 0.6 is 0 Å². The Labute approximate surface area is 206 Å². The maximum atomic E-state index is 11.0. The van der Waals surface area contributed by atoms with E-state index in [0.29, 0.717) is 47.7 Å². The molecule has 0 amide bonds. The molecule has 0 bridgehead atoms. The zero-order valence-corrected chi connectivity index (χ0v) is 19.9. The highest BCUT2D eigenvalue weighted by Gasteiger charge is 2.33. The van der Waals surface area contributed by atoms with E-state index >= 15 is 0 Å². The third-order valence-electron chi connectivity index (χ3n) is 5.67. The second kappa shape index (κ2) is 11.4. The third kappa shape index (κ3) is 6.39. The first-order chi connectivity index (χ1) is 17.5. The van der Waals surface area contributed by atoms with Crippen LogP contribution in [0.2, 0.25) is 0 Å². The van der Waals surface area contributed by atoms with Gasteiger partial charge in [0.15, 0.2) is 0 Å². The highest BCUT2D eigenvalue weighted by atomic mass is 16.1. The summed E-state index contributed by atoms with van der Waals surface area (Å²) in [5.74, 6) is 0. The minimum absolute atomic E-state index is 0.116. The van der Waals surface area contributed by atoms with Gasteiger partial charge in [-0.3, -0.25) is 0 Å². The van der Waals surface area contributed by atoms with Gasteiger partial charge in [-0.1, -0.05) is 45.5 Å². The van der Waals surface area contributed by atoms with Crippen molar-refractivity contribution in [2.24, 2.45) is 0 Å². The number of quaternary nitrogens is 1. The minimum atomic E-state index is 0.116. The minimum Gasteiger partial charge on any atom is -0.304 e. The second-order valence-electron chi connectivity index (χ2n) is 8.76. The molecule has 0 saturated carbocycles. The molecule has 13 nitrogen and oxygen atoms in total. The third-order valence-corrected chi connectivity index (χ3v) is 5.67. The zero-order valence-electron chi connectivity index (χ0n) is 19.9. The molecule has 0 N–H and O–H groups in total. The largest absolute Gasteiger partial charge is 0.304 e. The van der Waals surface area contributed by atoms with Gasteiger partial charge in [-0.15, -0.1) is 15.3 Å². The quantitative estimate of drug-likeness (QED) is 0.179. The number of nitrogens with zero attached hydrogens (tertiary/aromatic N) is 10. The SMILES string of the molecule is Cc1ccc(C[N+](Cc2cn(CC=O)nn2)(Cc2cn(CC=O)nn2)Cc2cn(CC=O)nn2)cc1. The summed E-state index contributed by atoms with van der Waals surface area (Å²) in [4.78, 5) is 32.9. The lowest BCUT2D eigenvalue weighted by molar-refractivity contribution is -0.979. The van der Waals surface area contributed by atoms with Crippen molar-refractivity contribution >= 4 is 18.9 Å². The van der Waals surface area contributed by atoms with Crippen molar-refractivity contribution in [3.8, 4) is 0 Å². The van der Waals surface area contributed by atoms with Crippen molar-refractivity contribution < 1.29 is 18.9 Å². The van der Waals surface area contributed by atoms with Crippen LogP contribution in [0.1, 0.15) is 28.2 Å². The monoisotopic (exact) mass is 491 g/mol. The Bertz CT molecular complexity index is 1190. The van der Waals surface area contributed by atoms with Gasteiger partial charge >= 0.3 is 0 Å². The number of aromatic nitrogens is 9. The fraction of sp³-hybridized carbons (Fsp3) is 0.348. The molecule has 0 atom stereocenters. The molecule has 13 heteroatoms. The first-order valence-electron chi connectivity index (χ1n) is 11.4. The molecule has 0 aliphatic heterocycles. The maximum Gasteiger partial charge on any atom is 0.141 e. The van der Waals surface area contributed by atoms with Crippen LogP contribution in [0.15, 0.2) is 42.9 Å². The van der Waals surface area contributed by atoms with Gasteiger partial charge in [-0.25, -0.2) is 14.0 Å². The van der Waals surface area contributed by atoms with Gasteiger partial charge in [0.2, 0.25) is 0 Å². The van der Waals surface area contributed by atoms with Crippen LogP contribution in [0.25, 0.3) is 0 Å². The molecule has 4 rings (SSSR count). The van der Waals surface area contributed by atoms with Crippen molar-refractivity contribution in [1.82, 2.24) is 45.0 Å². The molecule has 0 spiro atoms. The van der Waals surface area contributed by atoms with E-state index < -0.39 is 0 Å². The smallest absolute Gasteiger partial charge is 0.141 e. The summed E-state index contributed by atoms with van der Waals surface area (Å²) in [6, 6.07) is 8.28. The Morgan fingerprint density at radius 1 is 0.639 bits per heavy atom. The summed E-state index contributed by atoms with van der Waals surface area (Å²) in [5, 5.41) is 25.1. The van der Waals surface area contributed by atoms with E-state index in [0.717, 1.165) is 30.0 Å². The summed E-state index contributed by atoms with van der Waals surface area (Å²) in [6.45, 7) is 4.34. The average molecular weight is 492 g/mol. The predicted molar refractivity (Wildman–Crippen MR) is 125 cm³/mol. The van der Waals surface area contributed by atoms with Crippen LogP contribution in [-0.4, -0.2) is 68.3 Å². The van der Waals surface area contributed by atoms with Crippen LogP contribution < -0.4 is 0 Å². The number of aldehydes is 3. The Hall–Kier alpha value is -4.39. The molecule has 0 radical (unpaired) electrons. The van der Waals surface area contributed by atoms with E-state index in [2.05, 4.69) is 55.2 Å². The summed E-state index contributed by atoms with van der Waals surface area (Å²) in [5.41, 5.74) is 4.35. The molecule has 1 aromatic carbocycles. The van der Waals surface area contributed by atoms with E-state index in [9.17, 15) is 14.4 Å². The lowest BCUT2D eigenvalue weighted by Gasteiger charge is -2.37. The molecule has 0 fully saturated rings. The van der Waals surface area contributed by atoms with Gasteiger partial charge in [-0.2, -0.15) is 0 Å². The van der Waals surface area contributed by atoms with Crippen molar-refractivity contribution in [3.05, 3.63) is 71.1 Å².